The van der Waals surface area contributed by atoms with Crippen LogP contribution < -0.4 is 0 Å². The molecule has 2 fully saturated rings. The Morgan fingerprint density at radius 3 is 1.96 bits per heavy atom. The van der Waals surface area contributed by atoms with Crippen LogP contribution in [0.3, 0.4) is 0 Å². The Hall–Kier alpha value is -0.630. The highest BCUT2D eigenvalue weighted by atomic mass is 35.5. The van der Waals surface area contributed by atoms with E-state index in [0.29, 0.717) is 0 Å². The van der Waals surface area contributed by atoms with Crippen molar-refractivity contribution < 1.29 is 16.8 Å². The summed E-state index contributed by atoms with van der Waals surface area (Å²) < 4.78 is 49.3. The lowest BCUT2D eigenvalue weighted by Gasteiger charge is -2.34. The van der Waals surface area contributed by atoms with Crippen LogP contribution >= 0.6 is 12.4 Å². The lowest BCUT2D eigenvalue weighted by atomic mass is 10.0. The molecule has 0 N–H and O–H groups in total. The van der Waals surface area contributed by atoms with Gasteiger partial charge in [-0.25, -0.2) is 16.8 Å². The number of nitrogens with zero attached hydrogens (tertiary/aromatic N) is 1. The predicted octanol–water partition coefficient (Wildman–Crippen LogP) is 1.85. The SMILES string of the molecule is Cl.O=S1(=O)CC(c2ccccc2)CS(=O)(=O)C1CN1CCCCC1. The number of piperidine rings is 1. The van der Waals surface area contributed by atoms with Gasteiger partial charge in [0.15, 0.2) is 24.3 Å². The summed E-state index contributed by atoms with van der Waals surface area (Å²) in [4.78, 5) is 1.99. The standard InChI is InChI=1S/C16H23NO4S2.ClH/c18-22(19)12-15(14-7-3-1-4-8-14)13-23(20,21)16(22)11-17-9-5-2-6-10-17;/h1,3-4,7-8,15-16H,2,5-6,9-13H2;1H. The van der Waals surface area contributed by atoms with Crippen molar-refractivity contribution in [1.29, 1.82) is 0 Å². The molecular weight excluding hydrogens is 370 g/mol. The molecular formula is C16H24ClNO4S2. The van der Waals surface area contributed by atoms with Crippen molar-refractivity contribution in [3.63, 3.8) is 0 Å². The number of sulfone groups is 2. The summed E-state index contributed by atoms with van der Waals surface area (Å²) in [7, 11) is -7.32. The Bertz CT molecular complexity index is 708. The Kier molecular flexibility index (Phi) is 6.34. The van der Waals surface area contributed by atoms with Gasteiger partial charge in [0.05, 0.1) is 11.5 Å². The second-order valence-corrected chi connectivity index (χ2v) is 11.3. The molecule has 2 aliphatic rings. The summed E-state index contributed by atoms with van der Waals surface area (Å²) in [6.07, 6.45) is 3.16. The fourth-order valence-electron chi connectivity index (χ4n) is 3.54. The topological polar surface area (TPSA) is 71.5 Å². The zero-order valence-corrected chi connectivity index (χ0v) is 16.0. The van der Waals surface area contributed by atoms with Crippen LogP contribution in [0.4, 0.5) is 0 Å². The van der Waals surface area contributed by atoms with Crippen LogP contribution in [0, 0.1) is 0 Å². The first-order valence-corrected chi connectivity index (χ1v) is 11.5. The molecule has 8 heteroatoms. The maximum atomic E-state index is 12.6. The lowest BCUT2D eigenvalue weighted by Crippen LogP contribution is -2.50. The highest BCUT2D eigenvalue weighted by molar-refractivity contribution is 8.09. The molecule has 24 heavy (non-hydrogen) atoms. The van der Waals surface area contributed by atoms with Crippen molar-refractivity contribution in [1.82, 2.24) is 4.90 Å². The third-order valence-electron chi connectivity index (χ3n) is 4.80. The average molecular weight is 394 g/mol. The molecule has 0 atom stereocenters. The number of halogens is 1. The zero-order valence-electron chi connectivity index (χ0n) is 13.5. The maximum Gasteiger partial charge on any atom is 0.175 e. The molecule has 0 radical (unpaired) electrons. The zero-order chi connectivity index (χ0) is 16.5. The second-order valence-electron chi connectivity index (χ2n) is 6.56. The Labute approximate surface area is 150 Å². The van der Waals surface area contributed by atoms with Gasteiger partial charge in [-0.3, -0.25) is 0 Å². The average Bonchev–Trinajstić information content (AvgIpc) is 2.52. The number of likely N-dealkylation sites (tertiary alicyclic amines) is 1. The maximum absolute atomic E-state index is 12.6. The van der Waals surface area contributed by atoms with Gasteiger partial charge in [-0.1, -0.05) is 36.8 Å². The monoisotopic (exact) mass is 393 g/mol. The molecule has 0 amide bonds. The number of rotatable bonds is 3. The number of benzene rings is 1. The van der Waals surface area contributed by atoms with Gasteiger partial charge in [-0.05, 0) is 31.5 Å². The lowest BCUT2D eigenvalue weighted by molar-refractivity contribution is 0.236. The molecule has 1 aromatic carbocycles. The van der Waals surface area contributed by atoms with Crippen LogP contribution in [0.5, 0.6) is 0 Å². The predicted molar refractivity (Wildman–Crippen MR) is 98.1 cm³/mol. The van der Waals surface area contributed by atoms with Gasteiger partial charge in [-0.2, -0.15) is 0 Å². The van der Waals surface area contributed by atoms with E-state index in [0.717, 1.165) is 37.9 Å². The largest absolute Gasteiger partial charge is 0.301 e. The van der Waals surface area contributed by atoms with Gasteiger partial charge in [0, 0.05) is 12.5 Å². The molecule has 1 aromatic rings. The molecule has 0 unspecified atom stereocenters. The molecule has 0 spiro atoms. The van der Waals surface area contributed by atoms with Crippen LogP contribution in [0.1, 0.15) is 30.7 Å². The molecule has 2 aliphatic heterocycles. The van der Waals surface area contributed by atoms with Crippen LogP contribution in [0.25, 0.3) is 0 Å². The van der Waals surface area contributed by atoms with Crippen LogP contribution in [-0.2, 0) is 19.7 Å². The number of hydrogen-bond acceptors (Lipinski definition) is 5. The van der Waals surface area contributed by atoms with Crippen molar-refractivity contribution in [2.45, 2.75) is 29.8 Å². The quantitative estimate of drug-likeness (QED) is 0.783. The fourth-order valence-corrected chi connectivity index (χ4v) is 9.00. The van der Waals surface area contributed by atoms with Crippen molar-refractivity contribution in [2.24, 2.45) is 0 Å². The van der Waals surface area contributed by atoms with Gasteiger partial charge < -0.3 is 4.90 Å². The molecule has 2 heterocycles. The van der Waals surface area contributed by atoms with Crippen LogP contribution in [-0.4, -0.2) is 57.5 Å². The third kappa shape index (κ3) is 4.31. The van der Waals surface area contributed by atoms with Crippen molar-refractivity contribution >= 4 is 32.1 Å². The first-order valence-electron chi connectivity index (χ1n) is 8.09. The summed E-state index contributed by atoms with van der Waals surface area (Å²) in [5.74, 6) is -0.604. The van der Waals surface area contributed by atoms with Gasteiger partial charge in [0.2, 0.25) is 0 Å². The van der Waals surface area contributed by atoms with Gasteiger partial charge in [0.1, 0.15) is 0 Å². The van der Waals surface area contributed by atoms with E-state index in [-0.39, 0.29) is 30.5 Å². The highest BCUT2D eigenvalue weighted by Crippen LogP contribution is 2.31. The van der Waals surface area contributed by atoms with Gasteiger partial charge >= 0.3 is 0 Å². The minimum atomic E-state index is -3.66. The smallest absolute Gasteiger partial charge is 0.175 e. The van der Waals surface area contributed by atoms with E-state index in [1.807, 2.05) is 23.1 Å². The Morgan fingerprint density at radius 2 is 1.42 bits per heavy atom. The number of hydrogen-bond donors (Lipinski definition) is 0. The van der Waals surface area contributed by atoms with Crippen molar-refractivity contribution in [2.75, 3.05) is 31.1 Å². The molecule has 0 saturated carbocycles. The van der Waals surface area contributed by atoms with E-state index in [2.05, 4.69) is 0 Å². The van der Waals surface area contributed by atoms with Crippen molar-refractivity contribution in [3.05, 3.63) is 35.9 Å². The van der Waals surface area contributed by atoms with E-state index in [1.54, 1.807) is 12.1 Å². The molecule has 5 nitrogen and oxygen atoms in total. The van der Waals surface area contributed by atoms with E-state index in [9.17, 15) is 16.8 Å². The van der Waals surface area contributed by atoms with E-state index >= 15 is 0 Å². The normalized spacial score (nSPS) is 29.5. The fraction of sp³-hybridized carbons (Fsp3) is 0.625. The van der Waals surface area contributed by atoms with Gasteiger partial charge in [-0.15, -0.1) is 12.4 Å². The molecule has 136 valence electrons. The summed E-state index contributed by atoms with van der Waals surface area (Å²) >= 11 is 0. The summed E-state index contributed by atoms with van der Waals surface area (Å²) in [5.41, 5.74) is 0.788. The molecule has 0 aromatic heterocycles. The van der Waals surface area contributed by atoms with Gasteiger partial charge in [0.25, 0.3) is 0 Å². The summed E-state index contributed by atoms with van der Waals surface area (Å²) in [6.45, 7) is 1.72. The molecule has 3 rings (SSSR count). The van der Waals surface area contributed by atoms with E-state index in [4.69, 9.17) is 0 Å². The molecule has 0 bridgehead atoms. The minimum Gasteiger partial charge on any atom is -0.301 e. The third-order valence-corrected chi connectivity index (χ3v) is 10.2. The first kappa shape index (κ1) is 19.7. The van der Waals surface area contributed by atoms with Crippen LogP contribution in [0.2, 0.25) is 0 Å². The Balaban J connectivity index is 0.00000208. The van der Waals surface area contributed by atoms with E-state index < -0.39 is 30.2 Å². The minimum absolute atomic E-state index is 0. The molecule has 0 aliphatic carbocycles. The summed E-state index contributed by atoms with van der Waals surface area (Å²) in [6, 6.07) is 9.08. The highest BCUT2D eigenvalue weighted by Gasteiger charge is 2.46. The Morgan fingerprint density at radius 1 is 0.875 bits per heavy atom. The first-order chi connectivity index (χ1) is 10.9. The summed E-state index contributed by atoms with van der Waals surface area (Å²) in [5, 5.41) is 0. The van der Waals surface area contributed by atoms with E-state index in [1.165, 1.54) is 0 Å². The second kappa shape index (κ2) is 7.72. The van der Waals surface area contributed by atoms with Crippen LogP contribution in [0.15, 0.2) is 30.3 Å². The van der Waals surface area contributed by atoms with Crippen molar-refractivity contribution in [3.8, 4) is 0 Å². The molecule has 2 saturated heterocycles.